The van der Waals surface area contributed by atoms with Crippen LogP contribution in [0.5, 0.6) is 0 Å². The van der Waals surface area contributed by atoms with E-state index in [1.165, 1.54) is 0 Å². The Kier molecular flexibility index (Phi) is 6.36. The van der Waals surface area contributed by atoms with Gasteiger partial charge in [0.25, 0.3) is 11.8 Å². The van der Waals surface area contributed by atoms with Crippen molar-refractivity contribution in [3.63, 3.8) is 0 Å². The van der Waals surface area contributed by atoms with Crippen LogP contribution in [0.2, 0.25) is 5.02 Å². The molecule has 1 aliphatic rings. The second-order valence-corrected chi connectivity index (χ2v) is 7.53. The number of carbonyl (C=O) groups is 3. The minimum atomic E-state index is -0.593. The van der Waals surface area contributed by atoms with Gasteiger partial charge < -0.3 is 5.32 Å². The molecule has 0 spiro atoms. The summed E-state index contributed by atoms with van der Waals surface area (Å²) in [5.41, 5.74) is 6.22. The molecule has 3 rings (SSSR count). The fraction of sp³-hybridized carbons (Fsp3) is 0.211. The Bertz CT molecular complexity index is 840. The van der Waals surface area contributed by atoms with Crippen LogP contribution in [0.15, 0.2) is 53.4 Å². The highest BCUT2D eigenvalue weighted by atomic mass is 35.5. The van der Waals surface area contributed by atoms with Crippen molar-refractivity contribution in [2.24, 2.45) is 0 Å². The minimum absolute atomic E-state index is 0.159. The number of amides is 3. The molecule has 1 fully saturated rings. The fourth-order valence-electron chi connectivity index (χ4n) is 2.54. The Morgan fingerprint density at radius 1 is 1.07 bits per heavy atom. The van der Waals surface area contributed by atoms with E-state index in [0.29, 0.717) is 23.4 Å². The van der Waals surface area contributed by atoms with Crippen LogP contribution < -0.4 is 16.2 Å². The van der Waals surface area contributed by atoms with Gasteiger partial charge in [0.1, 0.15) is 6.04 Å². The van der Waals surface area contributed by atoms with E-state index in [9.17, 15) is 14.4 Å². The van der Waals surface area contributed by atoms with Gasteiger partial charge in [0, 0.05) is 27.7 Å². The molecule has 0 saturated carbocycles. The molecule has 0 radical (unpaired) electrons. The van der Waals surface area contributed by atoms with E-state index in [2.05, 4.69) is 16.2 Å². The van der Waals surface area contributed by atoms with Gasteiger partial charge in [-0.1, -0.05) is 23.7 Å². The smallest absolute Gasteiger partial charge is 0.269 e. The molecule has 1 atom stereocenters. The van der Waals surface area contributed by atoms with Crippen molar-refractivity contribution in [1.29, 1.82) is 0 Å². The number of benzene rings is 2. The van der Waals surface area contributed by atoms with Gasteiger partial charge in [0.05, 0.1) is 0 Å². The number of rotatable bonds is 5. The Morgan fingerprint density at radius 3 is 2.41 bits per heavy atom. The number of hydrazine groups is 1. The first-order valence-corrected chi connectivity index (χ1v) is 9.74. The number of nitrogens with one attached hydrogen (secondary N) is 3. The normalized spacial score (nSPS) is 15.9. The van der Waals surface area contributed by atoms with Gasteiger partial charge in [-0.2, -0.15) is 0 Å². The summed E-state index contributed by atoms with van der Waals surface area (Å²) in [4.78, 5) is 36.2. The monoisotopic (exact) mass is 403 g/mol. The topological polar surface area (TPSA) is 87.3 Å². The third-order valence-corrected chi connectivity index (χ3v) is 5.38. The predicted molar refractivity (Wildman–Crippen MR) is 104 cm³/mol. The van der Waals surface area contributed by atoms with E-state index < -0.39 is 17.9 Å². The second kappa shape index (κ2) is 8.92. The number of carbonyl (C=O) groups excluding carboxylic acids is 3. The SMILES string of the molecule is O=C1CC[C@@H](C(=O)NNC(=O)c2ccc(CSc3ccc(Cl)cc3)cc2)N1. The van der Waals surface area contributed by atoms with Crippen LogP contribution in [-0.2, 0) is 15.3 Å². The lowest BCUT2D eigenvalue weighted by Crippen LogP contribution is -2.49. The standard InChI is InChI=1S/C19H18ClN3O3S/c20-14-5-7-15(8-6-14)27-11-12-1-3-13(4-2-12)18(25)22-23-19(26)16-9-10-17(24)21-16/h1-8,16H,9-11H2,(H,21,24)(H,22,25)(H,23,26)/t16-/m0/s1. The first kappa shape index (κ1) is 19.3. The molecule has 3 amide bonds. The Labute approximate surface area is 166 Å². The molecule has 8 heteroatoms. The largest absolute Gasteiger partial charge is 0.344 e. The van der Waals surface area contributed by atoms with Crippen molar-refractivity contribution < 1.29 is 14.4 Å². The molecule has 0 aromatic heterocycles. The predicted octanol–water partition coefficient (Wildman–Crippen LogP) is 2.67. The molecule has 1 aliphatic heterocycles. The first-order chi connectivity index (χ1) is 13.0. The molecule has 1 heterocycles. The maximum absolute atomic E-state index is 12.1. The third-order valence-electron chi connectivity index (χ3n) is 4.05. The lowest BCUT2D eigenvalue weighted by atomic mass is 10.1. The Morgan fingerprint density at radius 2 is 1.78 bits per heavy atom. The van der Waals surface area contributed by atoms with Gasteiger partial charge in [-0.05, 0) is 48.4 Å². The first-order valence-electron chi connectivity index (χ1n) is 8.38. The fourth-order valence-corrected chi connectivity index (χ4v) is 3.52. The molecule has 6 nitrogen and oxygen atoms in total. The molecule has 3 N–H and O–H groups in total. The summed E-state index contributed by atoms with van der Waals surface area (Å²) in [7, 11) is 0. The molecule has 1 saturated heterocycles. The van der Waals surface area contributed by atoms with Gasteiger partial charge in [-0.3, -0.25) is 25.2 Å². The molecule has 0 bridgehead atoms. The van der Waals surface area contributed by atoms with Crippen LogP contribution in [0.1, 0.15) is 28.8 Å². The zero-order chi connectivity index (χ0) is 19.2. The zero-order valence-electron chi connectivity index (χ0n) is 14.3. The zero-order valence-corrected chi connectivity index (χ0v) is 15.9. The van der Waals surface area contributed by atoms with Crippen LogP contribution >= 0.6 is 23.4 Å². The van der Waals surface area contributed by atoms with Crippen LogP contribution in [-0.4, -0.2) is 23.8 Å². The average Bonchev–Trinajstić information content (AvgIpc) is 3.12. The van der Waals surface area contributed by atoms with Gasteiger partial charge in [0.15, 0.2) is 0 Å². The van der Waals surface area contributed by atoms with Gasteiger partial charge in [0.2, 0.25) is 5.91 Å². The minimum Gasteiger partial charge on any atom is -0.344 e. The van der Waals surface area contributed by atoms with E-state index in [0.717, 1.165) is 16.2 Å². The highest BCUT2D eigenvalue weighted by Gasteiger charge is 2.27. The molecule has 2 aromatic carbocycles. The van der Waals surface area contributed by atoms with Crippen molar-refractivity contribution in [2.75, 3.05) is 0 Å². The number of halogens is 1. The lowest BCUT2D eigenvalue weighted by molar-refractivity contribution is -0.126. The quantitative estimate of drug-likeness (QED) is 0.529. The molecular weight excluding hydrogens is 386 g/mol. The van der Waals surface area contributed by atoms with Crippen LogP contribution in [0.3, 0.4) is 0 Å². The van der Waals surface area contributed by atoms with E-state index in [1.54, 1.807) is 23.9 Å². The van der Waals surface area contributed by atoms with Gasteiger partial charge >= 0.3 is 0 Å². The molecular formula is C19H18ClN3O3S. The third kappa shape index (κ3) is 5.48. The van der Waals surface area contributed by atoms with Gasteiger partial charge in [-0.15, -0.1) is 11.8 Å². The number of hydrogen-bond donors (Lipinski definition) is 3. The van der Waals surface area contributed by atoms with Crippen molar-refractivity contribution >= 4 is 41.1 Å². The summed E-state index contributed by atoms with van der Waals surface area (Å²) in [6.45, 7) is 0. The van der Waals surface area contributed by atoms with Crippen LogP contribution in [0.4, 0.5) is 0 Å². The Balaban J connectivity index is 1.47. The van der Waals surface area contributed by atoms with Crippen LogP contribution in [0, 0.1) is 0 Å². The summed E-state index contributed by atoms with van der Waals surface area (Å²) in [5, 5.41) is 3.25. The summed E-state index contributed by atoms with van der Waals surface area (Å²) in [6, 6.07) is 14.2. The van der Waals surface area contributed by atoms with Crippen LogP contribution in [0.25, 0.3) is 0 Å². The van der Waals surface area contributed by atoms with E-state index in [4.69, 9.17) is 11.6 Å². The molecule has 2 aromatic rings. The number of hydrogen-bond acceptors (Lipinski definition) is 4. The van der Waals surface area contributed by atoms with Gasteiger partial charge in [-0.25, -0.2) is 0 Å². The summed E-state index contributed by atoms with van der Waals surface area (Å²) in [6.07, 6.45) is 0.752. The van der Waals surface area contributed by atoms with E-state index >= 15 is 0 Å². The average molecular weight is 404 g/mol. The van der Waals surface area contributed by atoms with Crippen molar-refractivity contribution in [1.82, 2.24) is 16.2 Å². The maximum atomic E-state index is 12.1. The highest BCUT2D eigenvalue weighted by Crippen LogP contribution is 2.24. The molecule has 0 unspecified atom stereocenters. The van der Waals surface area contributed by atoms with Crippen molar-refractivity contribution in [3.8, 4) is 0 Å². The summed E-state index contributed by atoms with van der Waals surface area (Å²) >= 11 is 7.55. The second-order valence-electron chi connectivity index (χ2n) is 6.04. The number of thioether (sulfide) groups is 1. The van der Waals surface area contributed by atoms with E-state index in [1.807, 2.05) is 36.4 Å². The highest BCUT2D eigenvalue weighted by molar-refractivity contribution is 7.98. The van der Waals surface area contributed by atoms with Crippen molar-refractivity contribution in [3.05, 3.63) is 64.7 Å². The summed E-state index contributed by atoms with van der Waals surface area (Å²) in [5.74, 6) is -0.231. The molecule has 27 heavy (non-hydrogen) atoms. The summed E-state index contributed by atoms with van der Waals surface area (Å²) < 4.78 is 0. The molecule has 140 valence electrons. The van der Waals surface area contributed by atoms with E-state index in [-0.39, 0.29) is 5.91 Å². The van der Waals surface area contributed by atoms with Crippen molar-refractivity contribution in [2.45, 2.75) is 29.5 Å². The Hall–Kier alpha value is -2.51. The lowest BCUT2D eigenvalue weighted by Gasteiger charge is -2.12. The maximum Gasteiger partial charge on any atom is 0.269 e. The molecule has 0 aliphatic carbocycles.